The number of alkyl halides is 3. The van der Waals surface area contributed by atoms with Gasteiger partial charge < -0.3 is 34.8 Å². The van der Waals surface area contributed by atoms with Gasteiger partial charge in [0.25, 0.3) is 0 Å². The summed E-state index contributed by atoms with van der Waals surface area (Å²) in [7, 11) is 5.84. The van der Waals surface area contributed by atoms with E-state index in [4.69, 9.17) is 9.90 Å². The first kappa shape index (κ1) is 38.1. The van der Waals surface area contributed by atoms with E-state index in [2.05, 4.69) is 5.32 Å². The Labute approximate surface area is 274 Å². The molecule has 48 heavy (non-hydrogen) atoms. The van der Waals surface area contributed by atoms with Crippen LogP contribution in [0.15, 0.2) is 72.8 Å². The lowest BCUT2D eigenvalue weighted by Gasteiger charge is -2.48. The van der Waals surface area contributed by atoms with Gasteiger partial charge in [-0.05, 0) is 65.9 Å². The Morgan fingerprint density at radius 1 is 0.958 bits per heavy atom. The molecule has 3 aromatic carbocycles. The normalized spacial score (nSPS) is 17.5. The van der Waals surface area contributed by atoms with Gasteiger partial charge in [0.05, 0.1) is 45.6 Å². The summed E-state index contributed by atoms with van der Waals surface area (Å²) >= 11 is 0. The second-order valence-electron chi connectivity index (χ2n) is 12.5. The van der Waals surface area contributed by atoms with Crippen molar-refractivity contribution in [1.82, 2.24) is 5.32 Å². The second kappa shape index (κ2) is 16.1. The van der Waals surface area contributed by atoms with Gasteiger partial charge in [0.2, 0.25) is 11.8 Å². The summed E-state index contributed by atoms with van der Waals surface area (Å²) in [6, 6.07) is 18.6. The number of β-lactam (4-membered cyclic amide) rings is 1. The molecule has 4 rings (SSSR count). The number of likely N-dealkylation sites (N-methyl/N-ethyl adjacent to an activating group) is 1. The third kappa shape index (κ3) is 11.1. The Morgan fingerprint density at radius 2 is 1.52 bits per heavy atom. The van der Waals surface area contributed by atoms with Crippen molar-refractivity contribution in [3.8, 4) is 0 Å². The molecule has 0 aromatic heterocycles. The van der Waals surface area contributed by atoms with E-state index in [0.717, 1.165) is 11.1 Å². The number of anilines is 1. The number of hydrogen-bond donors (Lipinski definition) is 3. The smallest absolute Gasteiger partial charge is 0.430 e. The molecule has 1 fully saturated rings. The molecule has 14 heteroatoms. The van der Waals surface area contributed by atoms with E-state index >= 15 is 0 Å². The lowest BCUT2D eigenvalue weighted by molar-refractivity contribution is -0.873. The highest BCUT2D eigenvalue weighted by Crippen LogP contribution is 2.46. The number of benzene rings is 3. The second-order valence-corrected chi connectivity index (χ2v) is 12.5. The van der Waals surface area contributed by atoms with E-state index in [0.29, 0.717) is 35.1 Å². The first-order chi connectivity index (χ1) is 22.4. The lowest BCUT2D eigenvalue weighted by Crippen LogP contribution is -2.55. The van der Waals surface area contributed by atoms with Crippen LogP contribution in [0.5, 0.6) is 0 Å². The van der Waals surface area contributed by atoms with Gasteiger partial charge >= 0.3 is 6.18 Å². The van der Waals surface area contributed by atoms with Crippen LogP contribution in [0.25, 0.3) is 0 Å². The zero-order valence-corrected chi connectivity index (χ0v) is 26.6. The van der Waals surface area contributed by atoms with Crippen LogP contribution >= 0.6 is 0 Å². The molecule has 260 valence electrons. The topological polar surface area (TPSA) is 130 Å². The molecule has 0 aliphatic carbocycles. The van der Waals surface area contributed by atoms with Crippen LogP contribution in [0.1, 0.15) is 48.1 Å². The number of quaternary nitrogens is 1. The van der Waals surface area contributed by atoms with E-state index < -0.39 is 36.1 Å². The largest absolute Gasteiger partial charge is 0.542 e. The number of hydrogen-bond acceptors (Lipinski definition) is 6. The molecular weight excluding hydrogens is 641 g/mol. The molecule has 4 unspecified atom stereocenters. The molecule has 4 atom stereocenters. The van der Waals surface area contributed by atoms with Crippen LogP contribution in [0.2, 0.25) is 0 Å². The number of nitrogens with zero attached hydrogens (tertiary/aromatic N) is 2. The van der Waals surface area contributed by atoms with E-state index in [9.17, 15) is 41.8 Å². The molecular formula is C34H38F5N3O6. The highest BCUT2D eigenvalue weighted by Gasteiger charge is 2.48. The number of carbonyl (C=O) groups is 3. The van der Waals surface area contributed by atoms with Crippen LogP contribution in [-0.2, 0) is 20.9 Å². The van der Waals surface area contributed by atoms with Gasteiger partial charge in [-0.1, -0.05) is 36.4 Å². The van der Waals surface area contributed by atoms with Crippen molar-refractivity contribution in [1.29, 1.82) is 0 Å². The number of amides is 2. The fourth-order valence-electron chi connectivity index (χ4n) is 5.36. The molecule has 0 saturated carbocycles. The van der Waals surface area contributed by atoms with E-state index in [-0.39, 0.29) is 36.6 Å². The SMILES string of the molecule is C[N+](C)(C)CC(O)CC(=O)NCc1cccc(C2C(CCC(O)c3ccc(F)cc3)C(=O)N2c2ccc(F)cc2)c1.O=C([O-])C(F)(F)F. The van der Waals surface area contributed by atoms with Gasteiger partial charge in [0.1, 0.15) is 30.3 Å². The average Bonchev–Trinajstić information content (AvgIpc) is 2.99. The number of nitrogens with one attached hydrogen (secondary N) is 1. The molecule has 1 heterocycles. The van der Waals surface area contributed by atoms with Crippen molar-refractivity contribution in [2.75, 3.05) is 32.6 Å². The summed E-state index contributed by atoms with van der Waals surface area (Å²) in [5.74, 6) is -4.60. The summed E-state index contributed by atoms with van der Waals surface area (Å²) in [5, 5.41) is 32.5. The Bertz CT molecular complexity index is 1540. The Hall–Kier alpha value is -4.40. The van der Waals surface area contributed by atoms with Gasteiger partial charge in [0, 0.05) is 12.2 Å². The maximum absolute atomic E-state index is 13.6. The predicted octanol–water partition coefficient (Wildman–Crippen LogP) is 3.55. The van der Waals surface area contributed by atoms with Gasteiger partial charge in [-0.25, -0.2) is 8.78 Å². The standard InChI is InChI=1S/C32H37F2N3O4.C2HF3O2/c1-37(2,3)20-27(38)18-30(40)35-19-21-5-4-6-23(17-21)31-28(15-16-29(39)22-7-9-24(33)10-8-22)32(41)36(31)26-13-11-25(34)12-14-26;3-2(4,5)1(6)7/h4-14,17,27-29,31,38-39H,15-16,18-20H2,1-3H3;(H,6,7). The molecule has 0 radical (unpaired) electrons. The molecule has 0 spiro atoms. The van der Waals surface area contributed by atoms with Crippen molar-refractivity contribution >= 4 is 23.5 Å². The van der Waals surface area contributed by atoms with Crippen molar-refractivity contribution in [3.63, 3.8) is 0 Å². The highest BCUT2D eigenvalue weighted by molar-refractivity contribution is 6.03. The van der Waals surface area contributed by atoms with Crippen molar-refractivity contribution in [3.05, 3.63) is 101 Å². The highest BCUT2D eigenvalue weighted by atomic mass is 19.4. The quantitative estimate of drug-likeness (QED) is 0.153. The van der Waals surface area contributed by atoms with Crippen LogP contribution in [0.4, 0.5) is 27.6 Å². The minimum Gasteiger partial charge on any atom is -0.542 e. The predicted molar refractivity (Wildman–Crippen MR) is 164 cm³/mol. The Kier molecular flexibility index (Phi) is 12.8. The minimum absolute atomic E-state index is 0.00311. The van der Waals surface area contributed by atoms with Crippen LogP contribution in [0.3, 0.4) is 0 Å². The van der Waals surface area contributed by atoms with Crippen LogP contribution < -0.4 is 15.3 Å². The molecule has 2 amide bonds. The number of aliphatic carboxylic acids is 1. The third-order valence-corrected chi connectivity index (χ3v) is 7.52. The van der Waals surface area contributed by atoms with Crippen LogP contribution in [-0.4, -0.2) is 72.4 Å². The summed E-state index contributed by atoms with van der Waals surface area (Å²) in [6.07, 6.45) is -6.09. The number of carbonyl (C=O) groups excluding carboxylic acids is 3. The summed E-state index contributed by atoms with van der Waals surface area (Å²) < 4.78 is 59.0. The van der Waals surface area contributed by atoms with Crippen molar-refractivity contribution in [2.24, 2.45) is 5.92 Å². The van der Waals surface area contributed by atoms with Crippen LogP contribution in [0, 0.1) is 17.6 Å². The van der Waals surface area contributed by atoms with Gasteiger partial charge in [-0.15, -0.1) is 0 Å². The van der Waals surface area contributed by atoms with Gasteiger partial charge in [-0.3, -0.25) is 9.59 Å². The fraction of sp³-hybridized carbons (Fsp3) is 0.382. The molecule has 1 saturated heterocycles. The van der Waals surface area contributed by atoms with Crippen molar-refractivity contribution < 1.29 is 56.1 Å². The Morgan fingerprint density at radius 3 is 2.06 bits per heavy atom. The Balaban J connectivity index is 0.000000804. The zero-order chi connectivity index (χ0) is 35.8. The number of carboxylic acids is 1. The molecule has 3 N–H and O–H groups in total. The average molecular weight is 680 g/mol. The summed E-state index contributed by atoms with van der Waals surface area (Å²) in [5.41, 5.74) is 2.84. The van der Waals surface area contributed by atoms with Gasteiger partial charge in [-0.2, -0.15) is 13.2 Å². The summed E-state index contributed by atoms with van der Waals surface area (Å²) in [4.78, 5) is 36.2. The zero-order valence-electron chi connectivity index (χ0n) is 26.6. The lowest BCUT2D eigenvalue weighted by atomic mass is 9.78. The number of aliphatic hydroxyl groups is 2. The molecule has 9 nitrogen and oxygen atoms in total. The van der Waals surface area contributed by atoms with E-state index in [1.54, 1.807) is 17.0 Å². The molecule has 0 bridgehead atoms. The van der Waals surface area contributed by atoms with Crippen molar-refractivity contribution in [2.45, 2.75) is 50.2 Å². The maximum Gasteiger partial charge on any atom is 0.430 e. The third-order valence-electron chi connectivity index (χ3n) is 7.52. The maximum atomic E-state index is 13.6. The van der Waals surface area contributed by atoms with E-state index in [1.165, 1.54) is 36.4 Å². The summed E-state index contributed by atoms with van der Waals surface area (Å²) in [6.45, 7) is 0.712. The minimum atomic E-state index is -5.19. The monoisotopic (exact) mass is 679 g/mol. The number of halogens is 5. The number of rotatable bonds is 12. The molecule has 3 aromatic rings. The number of aliphatic hydroxyl groups excluding tert-OH is 2. The molecule has 1 aliphatic heterocycles. The number of carboxylic acid groups (broad SMARTS) is 1. The molecule has 1 aliphatic rings. The fourth-order valence-corrected chi connectivity index (χ4v) is 5.36. The first-order valence-corrected chi connectivity index (χ1v) is 15.0. The van der Waals surface area contributed by atoms with E-state index in [1.807, 2.05) is 45.4 Å². The van der Waals surface area contributed by atoms with Gasteiger partial charge in [0.15, 0.2) is 0 Å². The first-order valence-electron chi connectivity index (χ1n) is 15.0.